The Morgan fingerprint density at radius 3 is 2.56 bits per heavy atom. The lowest BCUT2D eigenvalue weighted by molar-refractivity contribution is 0.0953. The molecule has 0 saturated heterocycles. The summed E-state index contributed by atoms with van der Waals surface area (Å²) in [6.07, 6.45) is 1.28. The minimum atomic E-state index is -0.300. The molecule has 0 bridgehead atoms. The number of fused-ring (bicyclic) bond motifs is 1. The summed E-state index contributed by atoms with van der Waals surface area (Å²) in [5.74, 6) is 0.0512. The minimum Gasteiger partial charge on any atom is -0.508 e. The van der Waals surface area contributed by atoms with Crippen LogP contribution in [-0.2, 0) is 0 Å². The molecule has 0 spiro atoms. The highest BCUT2D eigenvalue weighted by Gasteiger charge is 2.17. The molecule has 6 nitrogen and oxygen atoms in total. The van der Waals surface area contributed by atoms with Gasteiger partial charge in [-0.1, -0.05) is 12.1 Å². The van der Waals surface area contributed by atoms with Crippen LogP contribution >= 0.6 is 0 Å². The van der Waals surface area contributed by atoms with Gasteiger partial charge in [0.2, 0.25) is 5.43 Å². The predicted molar refractivity (Wildman–Crippen MR) is 92.2 cm³/mol. The van der Waals surface area contributed by atoms with Crippen molar-refractivity contribution in [2.45, 2.75) is 6.42 Å². The Morgan fingerprint density at radius 2 is 1.92 bits per heavy atom. The van der Waals surface area contributed by atoms with Crippen LogP contribution in [0.25, 0.3) is 22.1 Å². The van der Waals surface area contributed by atoms with Gasteiger partial charge in [0.25, 0.3) is 0 Å². The lowest BCUT2D eigenvalue weighted by atomic mass is 10.0. The highest BCUT2D eigenvalue weighted by molar-refractivity contribution is 6.02. The first-order chi connectivity index (χ1) is 12.0. The number of carbonyl (C=O) groups excluding carboxylic acids is 1. The summed E-state index contributed by atoms with van der Waals surface area (Å²) in [5.41, 5.74) is 1.18. The number of benzene rings is 2. The zero-order valence-corrected chi connectivity index (χ0v) is 13.5. The molecule has 0 saturated carbocycles. The van der Waals surface area contributed by atoms with Crippen molar-refractivity contribution in [3.05, 3.63) is 58.4 Å². The van der Waals surface area contributed by atoms with E-state index in [1.54, 1.807) is 12.1 Å². The number of aliphatic hydroxyl groups excluding tert-OH is 1. The Kier molecular flexibility index (Phi) is 4.54. The third-order valence-electron chi connectivity index (χ3n) is 3.91. The average molecular weight is 340 g/mol. The van der Waals surface area contributed by atoms with E-state index < -0.39 is 0 Å². The van der Waals surface area contributed by atoms with Crippen molar-refractivity contribution in [2.24, 2.45) is 0 Å². The second-order valence-electron chi connectivity index (χ2n) is 5.47. The van der Waals surface area contributed by atoms with E-state index in [1.165, 1.54) is 37.6 Å². The second kappa shape index (κ2) is 6.78. The van der Waals surface area contributed by atoms with Gasteiger partial charge in [0, 0.05) is 6.42 Å². The largest absolute Gasteiger partial charge is 0.508 e. The van der Waals surface area contributed by atoms with Crippen molar-refractivity contribution in [1.29, 1.82) is 0 Å². The molecule has 0 unspecified atom stereocenters. The van der Waals surface area contributed by atoms with Gasteiger partial charge in [-0.15, -0.1) is 0 Å². The molecule has 0 fully saturated rings. The number of aliphatic hydroxyl groups is 1. The lowest BCUT2D eigenvalue weighted by Crippen LogP contribution is -2.08. The fourth-order valence-electron chi connectivity index (χ4n) is 2.62. The first-order valence-electron chi connectivity index (χ1n) is 7.62. The number of phenols is 1. The Bertz CT molecular complexity index is 985. The fraction of sp³-hybridized carbons (Fsp3) is 0.158. The van der Waals surface area contributed by atoms with E-state index in [9.17, 15) is 14.7 Å². The minimum absolute atomic E-state index is 0.0440. The Hall–Kier alpha value is -3.12. The summed E-state index contributed by atoms with van der Waals surface area (Å²) in [5, 5.41) is 18.6. The number of ether oxygens (including phenoxy) is 1. The smallest absolute Gasteiger partial charge is 0.200 e. The van der Waals surface area contributed by atoms with Gasteiger partial charge in [-0.3, -0.25) is 9.59 Å². The Morgan fingerprint density at radius 1 is 1.20 bits per heavy atom. The van der Waals surface area contributed by atoms with Crippen molar-refractivity contribution >= 4 is 16.8 Å². The van der Waals surface area contributed by atoms with E-state index in [0.717, 1.165) is 0 Å². The molecule has 1 heterocycles. The van der Waals surface area contributed by atoms with Crippen LogP contribution in [0.3, 0.4) is 0 Å². The highest BCUT2D eigenvalue weighted by Crippen LogP contribution is 2.28. The number of rotatable bonds is 5. The summed E-state index contributed by atoms with van der Waals surface area (Å²) < 4.78 is 10.8. The van der Waals surface area contributed by atoms with Crippen molar-refractivity contribution < 1.29 is 24.2 Å². The number of ketones is 1. The predicted octanol–water partition coefficient (Wildman–Crippen LogP) is 2.74. The maximum absolute atomic E-state index is 12.8. The number of methoxy groups -OCH3 is 1. The van der Waals surface area contributed by atoms with E-state index in [-0.39, 0.29) is 52.3 Å². The van der Waals surface area contributed by atoms with Gasteiger partial charge in [0.05, 0.1) is 30.2 Å². The molecular weight excluding hydrogens is 324 g/mol. The third kappa shape index (κ3) is 3.12. The zero-order valence-electron chi connectivity index (χ0n) is 13.5. The van der Waals surface area contributed by atoms with Gasteiger partial charge in [0.1, 0.15) is 23.3 Å². The quantitative estimate of drug-likeness (QED) is 0.693. The van der Waals surface area contributed by atoms with E-state index in [2.05, 4.69) is 0 Å². The molecule has 0 atom stereocenters. The molecular formula is C19H16O6. The van der Waals surface area contributed by atoms with Crippen LogP contribution in [0, 0.1) is 0 Å². The van der Waals surface area contributed by atoms with Gasteiger partial charge >= 0.3 is 0 Å². The van der Waals surface area contributed by atoms with Gasteiger partial charge in [-0.05, 0) is 29.8 Å². The number of hydrogen-bond donors (Lipinski definition) is 2. The van der Waals surface area contributed by atoms with Gasteiger partial charge in [-0.2, -0.15) is 0 Å². The summed E-state index contributed by atoms with van der Waals surface area (Å²) in [6.45, 7) is -0.274. The zero-order chi connectivity index (χ0) is 18.0. The molecule has 0 aliphatic carbocycles. The fourth-order valence-corrected chi connectivity index (χ4v) is 2.62. The highest BCUT2D eigenvalue weighted by atomic mass is 16.5. The van der Waals surface area contributed by atoms with Crippen LogP contribution in [0.4, 0.5) is 0 Å². The number of phenolic OH excluding ortho intramolecular Hbond substituents is 1. The number of aromatic hydroxyl groups is 1. The van der Waals surface area contributed by atoms with Crippen LogP contribution in [-0.4, -0.2) is 29.7 Å². The molecule has 0 aliphatic heterocycles. The number of carbonyl (C=O) groups is 1. The molecule has 2 aromatic carbocycles. The Labute approximate surface area is 142 Å². The van der Waals surface area contributed by atoms with Crippen LogP contribution in [0.15, 0.2) is 51.9 Å². The second-order valence-corrected chi connectivity index (χ2v) is 5.47. The van der Waals surface area contributed by atoms with Crippen molar-refractivity contribution in [2.75, 3.05) is 13.7 Å². The SMILES string of the molecule is COc1cc2c(=O)c(-c3ccc(O)cc3)coc2cc1C(=O)CCO. The lowest BCUT2D eigenvalue weighted by Gasteiger charge is -2.09. The number of hydrogen-bond acceptors (Lipinski definition) is 6. The van der Waals surface area contributed by atoms with E-state index in [1.807, 2.05) is 0 Å². The average Bonchev–Trinajstić information content (AvgIpc) is 2.62. The standard InChI is InChI=1S/C19H16O6/c1-24-17-9-14-18(8-13(17)16(22)6-7-20)25-10-15(19(14)23)11-2-4-12(21)5-3-11/h2-5,8-10,20-21H,6-7H2,1H3. The van der Waals surface area contributed by atoms with E-state index in [4.69, 9.17) is 14.3 Å². The number of Topliss-reactive ketones (excluding diaryl/α,β-unsaturated/α-hetero) is 1. The van der Waals surface area contributed by atoms with E-state index in [0.29, 0.717) is 11.1 Å². The Balaban J connectivity index is 2.19. The van der Waals surface area contributed by atoms with Gasteiger partial charge in [0.15, 0.2) is 5.78 Å². The molecule has 1 aromatic heterocycles. The van der Waals surface area contributed by atoms with Crippen LogP contribution in [0.5, 0.6) is 11.5 Å². The van der Waals surface area contributed by atoms with Crippen LogP contribution < -0.4 is 10.2 Å². The van der Waals surface area contributed by atoms with Gasteiger partial charge in [-0.25, -0.2) is 0 Å². The molecule has 3 aromatic rings. The molecule has 25 heavy (non-hydrogen) atoms. The normalized spacial score (nSPS) is 10.8. The third-order valence-corrected chi connectivity index (χ3v) is 3.91. The summed E-state index contributed by atoms with van der Waals surface area (Å²) in [7, 11) is 1.41. The molecule has 0 amide bonds. The van der Waals surface area contributed by atoms with Crippen molar-refractivity contribution in [1.82, 2.24) is 0 Å². The molecule has 128 valence electrons. The summed E-state index contributed by atoms with van der Waals surface area (Å²) in [6, 6.07) is 9.11. The van der Waals surface area contributed by atoms with E-state index >= 15 is 0 Å². The molecule has 0 aliphatic rings. The first kappa shape index (κ1) is 16.7. The monoisotopic (exact) mass is 340 g/mol. The summed E-state index contributed by atoms with van der Waals surface area (Å²) >= 11 is 0. The van der Waals surface area contributed by atoms with Gasteiger partial charge < -0.3 is 19.4 Å². The maximum Gasteiger partial charge on any atom is 0.200 e. The van der Waals surface area contributed by atoms with Crippen molar-refractivity contribution in [3.63, 3.8) is 0 Å². The van der Waals surface area contributed by atoms with Crippen LogP contribution in [0.1, 0.15) is 16.8 Å². The van der Waals surface area contributed by atoms with Crippen molar-refractivity contribution in [3.8, 4) is 22.6 Å². The molecule has 2 N–H and O–H groups in total. The first-order valence-corrected chi connectivity index (χ1v) is 7.62. The topological polar surface area (TPSA) is 97.0 Å². The summed E-state index contributed by atoms with van der Waals surface area (Å²) in [4.78, 5) is 24.9. The molecule has 6 heteroatoms. The maximum atomic E-state index is 12.8. The van der Waals surface area contributed by atoms with Crippen LogP contribution in [0.2, 0.25) is 0 Å². The molecule has 0 radical (unpaired) electrons. The molecule has 3 rings (SSSR count).